The number of halogens is 2. The summed E-state index contributed by atoms with van der Waals surface area (Å²) in [6, 6.07) is 11.0. The van der Waals surface area contributed by atoms with Crippen LogP contribution in [0.25, 0.3) is 6.08 Å². The molecule has 0 radical (unpaired) electrons. The molecule has 3 nitrogen and oxygen atoms in total. The molecule has 1 N–H and O–H groups in total. The van der Waals surface area contributed by atoms with Crippen LogP contribution >= 0.6 is 11.6 Å². The molecule has 0 heterocycles. The van der Waals surface area contributed by atoms with E-state index in [4.69, 9.17) is 21.4 Å². The Kier molecular flexibility index (Phi) is 4.95. The normalized spacial score (nSPS) is 10.8. The van der Waals surface area contributed by atoms with Gasteiger partial charge < -0.3 is 9.84 Å². The van der Waals surface area contributed by atoms with Gasteiger partial charge in [-0.15, -0.1) is 0 Å². The minimum absolute atomic E-state index is 0.196. The lowest BCUT2D eigenvalue weighted by Gasteiger charge is -2.08. The molecule has 0 bridgehead atoms. The fourth-order valence-electron chi connectivity index (χ4n) is 1.69. The lowest BCUT2D eigenvalue weighted by Crippen LogP contribution is -1.96. The molecular formula is C16H12ClFO3. The molecule has 108 valence electrons. The molecule has 0 amide bonds. The number of rotatable bonds is 5. The number of aliphatic carboxylic acids is 1. The molecule has 0 unspecified atom stereocenters. The third-order valence-electron chi connectivity index (χ3n) is 2.66. The number of hydrogen-bond acceptors (Lipinski definition) is 2. The molecule has 0 saturated carbocycles. The van der Waals surface area contributed by atoms with Gasteiger partial charge in [-0.05, 0) is 41.5 Å². The average molecular weight is 307 g/mol. The maximum atomic E-state index is 13.0. The molecule has 0 fully saturated rings. The molecule has 0 saturated heterocycles. The van der Waals surface area contributed by atoms with Crippen molar-refractivity contribution in [3.8, 4) is 5.75 Å². The lowest BCUT2D eigenvalue weighted by atomic mass is 10.2. The van der Waals surface area contributed by atoms with E-state index < -0.39 is 5.97 Å². The van der Waals surface area contributed by atoms with Crippen LogP contribution in [0.3, 0.4) is 0 Å². The van der Waals surface area contributed by atoms with Crippen LogP contribution in [0.4, 0.5) is 4.39 Å². The Balaban J connectivity index is 2.06. The number of ether oxygens (including phenoxy) is 1. The summed E-state index contributed by atoms with van der Waals surface area (Å²) in [5, 5.41) is 8.92. The quantitative estimate of drug-likeness (QED) is 0.844. The first-order valence-electron chi connectivity index (χ1n) is 6.12. The first kappa shape index (κ1) is 15.1. The van der Waals surface area contributed by atoms with Crippen molar-refractivity contribution in [2.24, 2.45) is 0 Å². The van der Waals surface area contributed by atoms with Gasteiger partial charge in [0.25, 0.3) is 0 Å². The summed E-state index contributed by atoms with van der Waals surface area (Å²) in [6.07, 6.45) is 2.46. The Morgan fingerprint density at radius 2 is 2.10 bits per heavy atom. The smallest absolute Gasteiger partial charge is 0.328 e. The predicted octanol–water partition coefficient (Wildman–Crippen LogP) is 4.16. The van der Waals surface area contributed by atoms with Gasteiger partial charge >= 0.3 is 5.97 Å². The summed E-state index contributed by atoms with van der Waals surface area (Å²) in [7, 11) is 0. The van der Waals surface area contributed by atoms with Crippen LogP contribution in [-0.2, 0) is 11.4 Å². The lowest BCUT2D eigenvalue weighted by molar-refractivity contribution is -0.131. The third kappa shape index (κ3) is 4.61. The SMILES string of the molecule is O=C(O)/C=C/c1ccc(OCc2cccc(F)c2)c(Cl)c1. The van der Waals surface area contributed by atoms with Crippen molar-refractivity contribution in [1.82, 2.24) is 0 Å². The molecule has 2 aromatic rings. The number of hydrogen-bond donors (Lipinski definition) is 1. The van der Waals surface area contributed by atoms with Gasteiger partial charge in [0.1, 0.15) is 18.2 Å². The van der Waals surface area contributed by atoms with Gasteiger partial charge in [0, 0.05) is 6.08 Å². The summed E-state index contributed by atoms with van der Waals surface area (Å²) >= 11 is 6.06. The molecule has 0 atom stereocenters. The van der Waals surface area contributed by atoms with Crippen LogP contribution in [0.1, 0.15) is 11.1 Å². The molecule has 21 heavy (non-hydrogen) atoms. The van der Waals surface area contributed by atoms with Gasteiger partial charge in [-0.3, -0.25) is 0 Å². The second kappa shape index (κ2) is 6.90. The van der Waals surface area contributed by atoms with Crippen molar-refractivity contribution in [3.63, 3.8) is 0 Å². The summed E-state index contributed by atoms with van der Waals surface area (Å²) in [6.45, 7) is 0.196. The summed E-state index contributed by atoms with van der Waals surface area (Å²) in [4.78, 5) is 10.4. The van der Waals surface area contributed by atoms with E-state index >= 15 is 0 Å². The maximum absolute atomic E-state index is 13.0. The van der Waals surface area contributed by atoms with Crippen molar-refractivity contribution in [1.29, 1.82) is 0 Å². The highest BCUT2D eigenvalue weighted by atomic mass is 35.5. The van der Waals surface area contributed by atoms with Gasteiger partial charge in [0.15, 0.2) is 0 Å². The Hall–Kier alpha value is -2.33. The third-order valence-corrected chi connectivity index (χ3v) is 2.95. The molecule has 0 aliphatic rings. The van der Waals surface area contributed by atoms with Crippen LogP contribution < -0.4 is 4.74 Å². The minimum Gasteiger partial charge on any atom is -0.487 e. The van der Waals surface area contributed by atoms with Crippen LogP contribution in [0.15, 0.2) is 48.5 Å². The van der Waals surface area contributed by atoms with E-state index in [0.717, 1.165) is 6.08 Å². The Bertz CT molecular complexity index is 683. The van der Waals surface area contributed by atoms with E-state index in [2.05, 4.69) is 0 Å². The minimum atomic E-state index is -1.03. The van der Waals surface area contributed by atoms with E-state index in [1.165, 1.54) is 18.2 Å². The van der Waals surface area contributed by atoms with Crippen LogP contribution in [-0.4, -0.2) is 11.1 Å². The maximum Gasteiger partial charge on any atom is 0.328 e. The first-order valence-corrected chi connectivity index (χ1v) is 6.50. The standard InChI is InChI=1S/C16H12ClFO3/c17-14-9-11(5-7-16(19)20)4-6-15(14)21-10-12-2-1-3-13(18)8-12/h1-9H,10H2,(H,19,20)/b7-5+. The Morgan fingerprint density at radius 1 is 1.29 bits per heavy atom. The van der Waals surface area contributed by atoms with Crippen molar-refractivity contribution in [2.45, 2.75) is 6.61 Å². The van der Waals surface area contributed by atoms with E-state index in [0.29, 0.717) is 21.9 Å². The van der Waals surface area contributed by atoms with Gasteiger partial charge in [-0.25, -0.2) is 9.18 Å². The van der Waals surface area contributed by atoms with E-state index in [-0.39, 0.29) is 12.4 Å². The number of carboxylic acids is 1. The fraction of sp³-hybridized carbons (Fsp3) is 0.0625. The van der Waals surface area contributed by atoms with Crippen molar-refractivity contribution in [3.05, 3.63) is 70.5 Å². The van der Waals surface area contributed by atoms with Crippen molar-refractivity contribution >= 4 is 23.6 Å². The summed E-state index contributed by atoms with van der Waals surface area (Å²) < 4.78 is 18.6. The second-order valence-corrected chi connectivity index (χ2v) is 4.69. The average Bonchev–Trinajstić information content (AvgIpc) is 2.44. The molecule has 0 aliphatic heterocycles. The van der Waals surface area contributed by atoms with Crippen LogP contribution in [0.2, 0.25) is 5.02 Å². The van der Waals surface area contributed by atoms with E-state index in [9.17, 15) is 9.18 Å². The van der Waals surface area contributed by atoms with E-state index in [1.54, 1.807) is 30.3 Å². The van der Waals surface area contributed by atoms with Crippen molar-refractivity contribution in [2.75, 3.05) is 0 Å². The monoisotopic (exact) mass is 306 g/mol. The molecule has 2 rings (SSSR count). The second-order valence-electron chi connectivity index (χ2n) is 4.28. The Labute approximate surface area is 126 Å². The highest BCUT2D eigenvalue weighted by Gasteiger charge is 2.03. The predicted molar refractivity (Wildman–Crippen MR) is 78.9 cm³/mol. The van der Waals surface area contributed by atoms with Crippen LogP contribution in [0, 0.1) is 5.82 Å². The topological polar surface area (TPSA) is 46.5 Å². The zero-order chi connectivity index (χ0) is 15.2. The number of benzene rings is 2. The molecule has 5 heteroatoms. The van der Waals surface area contributed by atoms with Gasteiger partial charge in [0.2, 0.25) is 0 Å². The fourth-order valence-corrected chi connectivity index (χ4v) is 1.94. The Morgan fingerprint density at radius 3 is 2.76 bits per heavy atom. The summed E-state index contributed by atoms with van der Waals surface area (Å²) in [5.41, 5.74) is 1.35. The molecular weight excluding hydrogens is 295 g/mol. The summed E-state index contributed by atoms with van der Waals surface area (Å²) in [5.74, 6) is -0.901. The molecule has 0 aliphatic carbocycles. The first-order chi connectivity index (χ1) is 10.0. The van der Waals surface area contributed by atoms with Gasteiger partial charge in [-0.1, -0.05) is 29.8 Å². The van der Waals surface area contributed by atoms with Gasteiger partial charge in [0.05, 0.1) is 5.02 Å². The van der Waals surface area contributed by atoms with Crippen LogP contribution in [0.5, 0.6) is 5.75 Å². The number of carboxylic acid groups (broad SMARTS) is 1. The molecule has 0 spiro atoms. The highest BCUT2D eigenvalue weighted by molar-refractivity contribution is 6.32. The number of carbonyl (C=O) groups is 1. The van der Waals surface area contributed by atoms with E-state index in [1.807, 2.05) is 0 Å². The molecule has 2 aromatic carbocycles. The zero-order valence-electron chi connectivity index (χ0n) is 10.9. The molecule has 0 aromatic heterocycles. The van der Waals surface area contributed by atoms with Crippen molar-refractivity contribution < 1.29 is 19.0 Å². The van der Waals surface area contributed by atoms with Gasteiger partial charge in [-0.2, -0.15) is 0 Å². The largest absolute Gasteiger partial charge is 0.487 e. The highest BCUT2D eigenvalue weighted by Crippen LogP contribution is 2.26. The zero-order valence-corrected chi connectivity index (χ0v) is 11.7.